The van der Waals surface area contributed by atoms with Crippen molar-refractivity contribution in [3.63, 3.8) is 0 Å². The molecule has 0 aliphatic carbocycles. The van der Waals surface area contributed by atoms with Gasteiger partial charge in [0.1, 0.15) is 5.75 Å². The number of nitrogens with zero attached hydrogens (tertiary/aromatic N) is 3. The number of amides is 1. The normalized spacial score (nSPS) is 19.5. The second-order valence-electron chi connectivity index (χ2n) is 10.7. The van der Waals surface area contributed by atoms with E-state index in [2.05, 4.69) is 38.3 Å². The van der Waals surface area contributed by atoms with Gasteiger partial charge in [-0.25, -0.2) is 0 Å². The number of piperidine rings is 1. The van der Waals surface area contributed by atoms with E-state index in [4.69, 9.17) is 14.2 Å². The third kappa shape index (κ3) is 6.74. The Morgan fingerprint density at radius 2 is 1.82 bits per heavy atom. The van der Waals surface area contributed by atoms with Crippen LogP contribution in [0.25, 0.3) is 0 Å². The summed E-state index contributed by atoms with van der Waals surface area (Å²) in [6.07, 6.45) is 7.14. The number of hydrogen-bond donors (Lipinski definition) is 1. The lowest BCUT2D eigenvalue weighted by atomic mass is 9.85. The lowest BCUT2D eigenvalue weighted by molar-refractivity contribution is -0.116. The van der Waals surface area contributed by atoms with E-state index in [-0.39, 0.29) is 5.91 Å². The molecule has 8 nitrogen and oxygen atoms in total. The molecule has 0 radical (unpaired) electrons. The number of carbonyl (C=O) groups excluding carboxylic acids is 1. The van der Waals surface area contributed by atoms with E-state index < -0.39 is 0 Å². The van der Waals surface area contributed by atoms with E-state index in [1.165, 1.54) is 16.7 Å². The molecule has 8 heteroatoms. The Hall–Kier alpha value is -3.62. The summed E-state index contributed by atoms with van der Waals surface area (Å²) in [5.74, 6) is 2.72. The molecule has 212 valence electrons. The maximum Gasteiger partial charge on any atom is 0.224 e. The molecule has 0 bridgehead atoms. The zero-order chi connectivity index (χ0) is 27.9. The van der Waals surface area contributed by atoms with Crippen molar-refractivity contribution < 1.29 is 19.0 Å². The maximum atomic E-state index is 13.0. The summed E-state index contributed by atoms with van der Waals surface area (Å²) < 4.78 is 16.4. The van der Waals surface area contributed by atoms with Gasteiger partial charge in [-0.15, -0.1) is 0 Å². The molecule has 2 aliphatic heterocycles. The molecule has 5 rings (SSSR count). The molecular weight excluding hydrogens is 504 g/mol. The average Bonchev–Trinajstić information content (AvgIpc) is 2.99. The first kappa shape index (κ1) is 27.9. The zero-order valence-electron chi connectivity index (χ0n) is 23.8. The number of pyridine rings is 1. The fourth-order valence-corrected chi connectivity index (χ4v) is 6.18. The van der Waals surface area contributed by atoms with Crippen LogP contribution in [0.5, 0.6) is 17.2 Å². The number of likely N-dealkylation sites (tertiary alicyclic amines) is 1. The van der Waals surface area contributed by atoms with Crippen LogP contribution >= 0.6 is 0 Å². The molecule has 1 amide bonds. The van der Waals surface area contributed by atoms with Crippen molar-refractivity contribution in [3.05, 3.63) is 77.6 Å². The minimum absolute atomic E-state index is 0.0391. The minimum atomic E-state index is 0.0391. The number of anilines is 1. The van der Waals surface area contributed by atoms with Crippen molar-refractivity contribution in [2.75, 3.05) is 46.3 Å². The number of fused-ring (bicyclic) bond motifs is 1. The Morgan fingerprint density at radius 3 is 2.58 bits per heavy atom. The van der Waals surface area contributed by atoms with E-state index in [0.717, 1.165) is 74.9 Å². The Labute approximate surface area is 237 Å². The van der Waals surface area contributed by atoms with E-state index in [1.54, 1.807) is 21.3 Å². The standard InChI is InChI=1S/C32H40N4O4/c1-38-28-8-4-7-27(18-28)34-32(37)10-9-25-21-35(20-23-6-5-13-33-19-23)14-12-29(25)36-15-11-24-16-30(39-2)31(40-3)17-26(24)22-36/h4-8,13,16-19,25,29H,9-12,14-15,20-22H2,1-3H3,(H,34,37)/t25-,29+/m0/s1. The number of hydrogen-bond acceptors (Lipinski definition) is 7. The molecule has 0 unspecified atom stereocenters. The van der Waals surface area contributed by atoms with Gasteiger partial charge in [-0.05, 0) is 78.7 Å². The van der Waals surface area contributed by atoms with Crippen molar-refractivity contribution in [2.24, 2.45) is 5.92 Å². The highest BCUT2D eigenvalue weighted by atomic mass is 16.5. The average molecular weight is 545 g/mol. The quantitative estimate of drug-likeness (QED) is 0.394. The number of methoxy groups -OCH3 is 3. The van der Waals surface area contributed by atoms with Gasteiger partial charge in [-0.2, -0.15) is 0 Å². The molecule has 2 atom stereocenters. The molecule has 1 saturated heterocycles. The molecule has 2 aliphatic rings. The summed E-state index contributed by atoms with van der Waals surface area (Å²) >= 11 is 0. The fraction of sp³-hybridized carbons (Fsp3) is 0.438. The molecular formula is C32H40N4O4. The fourth-order valence-electron chi connectivity index (χ4n) is 6.18. The van der Waals surface area contributed by atoms with Gasteiger partial charge < -0.3 is 19.5 Å². The van der Waals surface area contributed by atoms with Crippen molar-refractivity contribution in [2.45, 2.75) is 44.8 Å². The van der Waals surface area contributed by atoms with E-state index in [0.29, 0.717) is 18.4 Å². The van der Waals surface area contributed by atoms with Crippen LogP contribution in [-0.2, 0) is 24.3 Å². The van der Waals surface area contributed by atoms with Crippen LogP contribution < -0.4 is 19.5 Å². The Balaban J connectivity index is 1.29. The van der Waals surface area contributed by atoms with Crippen molar-refractivity contribution >= 4 is 11.6 Å². The molecule has 40 heavy (non-hydrogen) atoms. The van der Waals surface area contributed by atoms with E-state index in [9.17, 15) is 4.79 Å². The Kier molecular flexibility index (Phi) is 9.19. The molecule has 1 aromatic heterocycles. The molecule has 2 aromatic carbocycles. The van der Waals surface area contributed by atoms with Crippen molar-refractivity contribution in [1.29, 1.82) is 0 Å². The van der Waals surface area contributed by atoms with Crippen LogP contribution in [0, 0.1) is 5.92 Å². The predicted molar refractivity (Wildman–Crippen MR) is 156 cm³/mol. The second kappa shape index (κ2) is 13.2. The zero-order valence-corrected chi connectivity index (χ0v) is 23.8. The lowest BCUT2D eigenvalue weighted by Gasteiger charge is -2.45. The van der Waals surface area contributed by atoms with Gasteiger partial charge in [-0.3, -0.25) is 19.6 Å². The van der Waals surface area contributed by atoms with Crippen LogP contribution in [0.2, 0.25) is 0 Å². The molecule has 3 heterocycles. The summed E-state index contributed by atoms with van der Waals surface area (Å²) in [5, 5.41) is 3.06. The van der Waals surface area contributed by atoms with Gasteiger partial charge in [0, 0.05) is 62.8 Å². The number of nitrogens with one attached hydrogen (secondary N) is 1. The predicted octanol–water partition coefficient (Wildman–Crippen LogP) is 4.78. The highest BCUT2D eigenvalue weighted by molar-refractivity contribution is 5.90. The molecule has 1 N–H and O–H groups in total. The minimum Gasteiger partial charge on any atom is -0.497 e. The third-order valence-corrected chi connectivity index (χ3v) is 8.22. The summed E-state index contributed by atoms with van der Waals surface area (Å²) in [4.78, 5) is 22.4. The summed E-state index contributed by atoms with van der Waals surface area (Å²) in [6, 6.07) is 16.3. The van der Waals surface area contributed by atoms with Crippen molar-refractivity contribution in [1.82, 2.24) is 14.8 Å². The first-order chi connectivity index (χ1) is 19.6. The lowest BCUT2D eigenvalue weighted by Crippen LogP contribution is -2.52. The van der Waals surface area contributed by atoms with Crippen molar-refractivity contribution in [3.8, 4) is 17.2 Å². The molecule has 3 aromatic rings. The molecule has 1 fully saturated rings. The van der Waals surface area contributed by atoms with Crippen LogP contribution in [0.4, 0.5) is 5.69 Å². The van der Waals surface area contributed by atoms with Crippen LogP contribution in [-0.4, -0.2) is 67.7 Å². The number of rotatable bonds is 10. The maximum absolute atomic E-state index is 13.0. The molecule has 0 saturated carbocycles. The topological polar surface area (TPSA) is 76.2 Å². The van der Waals surface area contributed by atoms with Gasteiger partial charge in [0.2, 0.25) is 5.91 Å². The number of ether oxygens (including phenoxy) is 3. The summed E-state index contributed by atoms with van der Waals surface area (Å²) in [7, 11) is 5.01. The first-order valence-electron chi connectivity index (χ1n) is 14.1. The van der Waals surface area contributed by atoms with Crippen LogP contribution in [0.3, 0.4) is 0 Å². The highest BCUT2D eigenvalue weighted by Gasteiger charge is 2.35. The van der Waals surface area contributed by atoms with Gasteiger partial charge in [-0.1, -0.05) is 12.1 Å². The molecule has 0 spiro atoms. The Bertz CT molecular complexity index is 1290. The highest BCUT2D eigenvalue weighted by Crippen LogP contribution is 2.36. The largest absolute Gasteiger partial charge is 0.497 e. The van der Waals surface area contributed by atoms with Gasteiger partial charge in [0.05, 0.1) is 21.3 Å². The number of carbonyl (C=O) groups is 1. The van der Waals surface area contributed by atoms with E-state index >= 15 is 0 Å². The third-order valence-electron chi connectivity index (χ3n) is 8.22. The van der Waals surface area contributed by atoms with Gasteiger partial charge in [0.25, 0.3) is 0 Å². The summed E-state index contributed by atoms with van der Waals surface area (Å²) in [5.41, 5.74) is 4.62. The first-order valence-corrected chi connectivity index (χ1v) is 14.1. The SMILES string of the molecule is COc1cccc(NC(=O)CC[C@H]2CN(Cc3cccnc3)CC[C@H]2N2CCc3cc(OC)c(OC)cc3C2)c1. The monoisotopic (exact) mass is 544 g/mol. The summed E-state index contributed by atoms with van der Waals surface area (Å²) in [6.45, 7) is 4.76. The van der Waals surface area contributed by atoms with Gasteiger partial charge >= 0.3 is 0 Å². The van der Waals surface area contributed by atoms with Crippen LogP contribution in [0.1, 0.15) is 36.0 Å². The number of aromatic nitrogens is 1. The van der Waals surface area contributed by atoms with Gasteiger partial charge in [0.15, 0.2) is 11.5 Å². The van der Waals surface area contributed by atoms with Crippen LogP contribution in [0.15, 0.2) is 60.9 Å². The second-order valence-corrected chi connectivity index (χ2v) is 10.7. The van der Waals surface area contributed by atoms with E-state index in [1.807, 2.05) is 42.7 Å². The Morgan fingerprint density at radius 1 is 1.00 bits per heavy atom. The number of benzene rings is 2. The smallest absolute Gasteiger partial charge is 0.224 e.